The lowest BCUT2D eigenvalue weighted by molar-refractivity contribution is -0.132. The third-order valence-corrected chi connectivity index (χ3v) is 6.55. The summed E-state index contributed by atoms with van der Waals surface area (Å²) in [6, 6.07) is 14.5. The van der Waals surface area contributed by atoms with Gasteiger partial charge in [-0.25, -0.2) is 0 Å². The summed E-state index contributed by atoms with van der Waals surface area (Å²) in [5, 5.41) is 11.4. The number of ketones is 1. The van der Waals surface area contributed by atoms with Crippen molar-refractivity contribution >= 4 is 23.1 Å². The minimum absolute atomic E-state index is 0.0999. The lowest BCUT2D eigenvalue weighted by atomic mass is 9.89. The zero-order chi connectivity index (χ0) is 23.1. The molecule has 3 aromatic rings. The fourth-order valence-corrected chi connectivity index (χ4v) is 5.08. The molecule has 1 aliphatic carbocycles. The molecule has 2 aliphatic rings. The van der Waals surface area contributed by atoms with Crippen LogP contribution in [0, 0.1) is 13.8 Å². The van der Waals surface area contributed by atoms with E-state index in [0.717, 1.165) is 30.4 Å². The lowest BCUT2D eigenvalue weighted by Gasteiger charge is -2.26. The van der Waals surface area contributed by atoms with Gasteiger partial charge in [-0.3, -0.25) is 19.5 Å². The Morgan fingerprint density at radius 2 is 1.70 bits per heavy atom. The SMILES string of the molecule is Cc1cc(C)cc(N2C(=O)C(=O)/C(=C(\O)c3ccc4c(c3)CCCC4)C2c2cccnc2)c1. The fraction of sp³-hybridized carbons (Fsp3) is 0.250. The number of carbonyl (C=O) groups is 2. The summed E-state index contributed by atoms with van der Waals surface area (Å²) in [6.45, 7) is 3.92. The van der Waals surface area contributed by atoms with E-state index in [1.165, 1.54) is 22.4 Å². The molecule has 5 rings (SSSR count). The Morgan fingerprint density at radius 1 is 0.970 bits per heavy atom. The number of rotatable bonds is 3. The van der Waals surface area contributed by atoms with Gasteiger partial charge in [0.15, 0.2) is 0 Å². The highest BCUT2D eigenvalue weighted by Crippen LogP contribution is 2.42. The first kappa shape index (κ1) is 21.1. The summed E-state index contributed by atoms with van der Waals surface area (Å²) >= 11 is 0. The quantitative estimate of drug-likeness (QED) is 0.346. The van der Waals surface area contributed by atoms with Gasteiger partial charge in [0.1, 0.15) is 5.76 Å². The number of carbonyl (C=O) groups excluding carboxylic acids is 2. The van der Waals surface area contributed by atoms with Gasteiger partial charge in [-0.05, 0) is 91.6 Å². The molecule has 0 saturated carbocycles. The molecule has 1 fully saturated rings. The number of hydrogen-bond donors (Lipinski definition) is 1. The summed E-state index contributed by atoms with van der Waals surface area (Å²) in [7, 11) is 0. The second-order valence-electron chi connectivity index (χ2n) is 8.99. The molecule has 33 heavy (non-hydrogen) atoms. The largest absolute Gasteiger partial charge is 0.507 e. The predicted octanol–water partition coefficient (Wildman–Crippen LogP) is 5.20. The highest BCUT2D eigenvalue weighted by molar-refractivity contribution is 6.51. The highest BCUT2D eigenvalue weighted by atomic mass is 16.3. The third kappa shape index (κ3) is 3.74. The van der Waals surface area contributed by atoms with Gasteiger partial charge in [0.25, 0.3) is 11.7 Å². The number of pyridine rings is 1. The van der Waals surface area contributed by atoms with E-state index in [4.69, 9.17) is 0 Å². The number of aliphatic hydroxyl groups excluding tert-OH is 1. The van der Waals surface area contributed by atoms with Crippen molar-refractivity contribution in [2.75, 3.05) is 4.90 Å². The number of amides is 1. The summed E-state index contributed by atoms with van der Waals surface area (Å²) in [5.74, 6) is -1.46. The van der Waals surface area contributed by atoms with Crippen LogP contribution in [0.1, 0.15) is 52.3 Å². The van der Waals surface area contributed by atoms with Crippen LogP contribution >= 0.6 is 0 Å². The zero-order valence-corrected chi connectivity index (χ0v) is 18.8. The number of anilines is 1. The van der Waals surface area contributed by atoms with Gasteiger partial charge in [-0.2, -0.15) is 0 Å². The summed E-state index contributed by atoms with van der Waals surface area (Å²) in [6.07, 6.45) is 7.56. The van der Waals surface area contributed by atoms with Crippen molar-refractivity contribution in [1.29, 1.82) is 0 Å². The molecule has 0 spiro atoms. The van der Waals surface area contributed by atoms with Crippen LogP contribution in [0.3, 0.4) is 0 Å². The van der Waals surface area contributed by atoms with Crippen molar-refractivity contribution in [3.8, 4) is 0 Å². The van der Waals surface area contributed by atoms with Crippen LogP contribution in [0.15, 0.2) is 66.5 Å². The maximum Gasteiger partial charge on any atom is 0.300 e. The first-order valence-corrected chi connectivity index (χ1v) is 11.4. The highest BCUT2D eigenvalue weighted by Gasteiger charge is 2.47. The fourth-order valence-electron chi connectivity index (χ4n) is 5.08. The van der Waals surface area contributed by atoms with E-state index in [-0.39, 0.29) is 11.3 Å². The number of aromatic nitrogens is 1. The second kappa shape index (κ2) is 8.32. The number of Topliss-reactive ketones (excluding diaryl/α,β-unsaturated/α-hetero) is 1. The van der Waals surface area contributed by atoms with Crippen molar-refractivity contribution in [2.24, 2.45) is 0 Å². The van der Waals surface area contributed by atoms with Crippen molar-refractivity contribution in [2.45, 2.75) is 45.6 Å². The molecule has 1 N–H and O–H groups in total. The smallest absolute Gasteiger partial charge is 0.300 e. The summed E-state index contributed by atoms with van der Waals surface area (Å²) in [4.78, 5) is 32.3. The third-order valence-electron chi connectivity index (χ3n) is 6.55. The minimum atomic E-state index is -0.754. The van der Waals surface area contributed by atoms with Crippen LogP contribution in [-0.2, 0) is 22.4 Å². The van der Waals surface area contributed by atoms with Crippen LogP contribution in [0.5, 0.6) is 0 Å². The van der Waals surface area contributed by atoms with Gasteiger partial charge in [0.05, 0.1) is 11.6 Å². The molecular weight excluding hydrogens is 412 g/mol. The summed E-state index contributed by atoms with van der Waals surface area (Å²) < 4.78 is 0. The van der Waals surface area contributed by atoms with Gasteiger partial charge < -0.3 is 5.11 Å². The molecule has 1 saturated heterocycles. The molecule has 1 unspecified atom stereocenters. The first-order valence-electron chi connectivity index (χ1n) is 11.4. The van der Waals surface area contributed by atoms with Gasteiger partial charge >= 0.3 is 0 Å². The molecule has 2 heterocycles. The molecule has 5 heteroatoms. The molecule has 1 atom stereocenters. The Hall–Kier alpha value is -3.73. The summed E-state index contributed by atoms with van der Waals surface area (Å²) in [5.41, 5.74) is 6.45. The van der Waals surface area contributed by atoms with Crippen molar-refractivity contribution in [1.82, 2.24) is 4.98 Å². The number of benzene rings is 2. The van der Waals surface area contributed by atoms with Gasteiger partial charge in [-0.1, -0.05) is 24.3 Å². The van der Waals surface area contributed by atoms with Crippen molar-refractivity contribution < 1.29 is 14.7 Å². The van der Waals surface area contributed by atoms with E-state index in [2.05, 4.69) is 4.98 Å². The molecule has 2 aromatic carbocycles. The van der Waals surface area contributed by atoms with Crippen LogP contribution < -0.4 is 4.90 Å². The van der Waals surface area contributed by atoms with E-state index in [1.54, 1.807) is 18.5 Å². The Bertz CT molecular complexity index is 1270. The molecule has 0 bridgehead atoms. The topological polar surface area (TPSA) is 70.5 Å². The minimum Gasteiger partial charge on any atom is -0.507 e. The second-order valence-corrected chi connectivity index (χ2v) is 8.99. The van der Waals surface area contributed by atoms with Crippen molar-refractivity contribution in [3.63, 3.8) is 0 Å². The van der Waals surface area contributed by atoms with E-state index in [9.17, 15) is 14.7 Å². The Labute approximate surface area is 193 Å². The Balaban J connectivity index is 1.70. The van der Waals surface area contributed by atoms with Gasteiger partial charge in [0.2, 0.25) is 0 Å². The molecule has 166 valence electrons. The number of nitrogens with zero attached hydrogens (tertiary/aromatic N) is 2. The average Bonchev–Trinajstić information content (AvgIpc) is 3.08. The molecule has 0 radical (unpaired) electrons. The average molecular weight is 439 g/mol. The maximum absolute atomic E-state index is 13.3. The monoisotopic (exact) mass is 438 g/mol. The number of fused-ring (bicyclic) bond motifs is 1. The Morgan fingerprint density at radius 3 is 2.39 bits per heavy atom. The first-order chi connectivity index (χ1) is 15.9. The molecule has 1 amide bonds. The van der Waals surface area contributed by atoms with Crippen molar-refractivity contribution in [3.05, 3.63) is 99.9 Å². The molecular formula is C28H26N2O3. The Kier molecular flexibility index (Phi) is 5.33. The van der Waals surface area contributed by atoms with E-state index >= 15 is 0 Å². The van der Waals surface area contributed by atoms with Crippen LogP contribution in [0.25, 0.3) is 5.76 Å². The van der Waals surface area contributed by atoms with E-state index in [1.807, 2.05) is 56.3 Å². The van der Waals surface area contributed by atoms with Crippen LogP contribution in [0.2, 0.25) is 0 Å². The lowest BCUT2D eigenvalue weighted by Crippen LogP contribution is -2.29. The van der Waals surface area contributed by atoms with E-state index in [0.29, 0.717) is 16.8 Å². The maximum atomic E-state index is 13.3. The van der Waals surface area contributed by atoms with Crippen LogP contribution in [0.4, 0.5) is 5.69 Å². The number of hydrogen-bond acceptors (Lipinski definition) is 4. The molecule has 1 aromatic heterocycles. The normalized spacial score (nSPS) is 19.6. The van der Waals surface area contributed by atoms with Gasteiger partial charge in [-0.15, -0.1) is 0 Å². The van der Waals surface area contributed by atoms with E-state index < -0.39 is 17.7 Å². The number of aryl methyl sites for hydroxylation is 4. The van der Waals surface area contributed by atoms with Crippen LogP contribution in [-0.4, -0.2) is 21.8 Å². The predicted molar refractivity (Wildman–Crippen MR) is 128 cm³/mol. The van der Waals surface area contributed by atoms with Gasteiger partial charge in [0, 0.05) is 23.6 Å². The standard InChI is InChI=1S/C28H26N2O3/c1-17-12-18(2)14-23(13-17)30-25(22-8-5-11-29-16-22)24(27(32)28(30)33)26(31)21-10-9-19-6-3-4-7-20(19)15-21/h5,8-16,25,31H,3-4,6-7H2,1-2H3/b26-24-. The molecule has 1 aliphatic heterocycles. The number of aliphatic hydroxyl groups is 1. The zero-order valence-electron chi connectivity index (χ0n) is 18.8. The molecule has 5 nitrogen and oxygen atoms in total.